The van der Waals surface area contributed by atoms with Gasteiger partial charge in [0.15, 0.2) is 0 Å². The van der Waals surface area contributed by atoms with Crippen molar-refractivity contribution in [2.45, 2.75) is 50.7 Å². The molecule has 1 saturated carbocycles. The molecule has 1 aliphatic carbocycles. The zero-order valence-electron chi connectivity index (χ0n) is 13.7. The van der Waals surface area contributed by atoms with Crippen molar-refractivity contribution in [3.05, 3.63) is 42.5 Å². The van der Waals surface area contributed by atoms with E-state index in [-0.39, 0.29) is 11.9 Å². The average molecular weight is 325 g/mol. The molecule has 2 aromatic rings. The molecule has 24 heavy (non-hydrogen) atoms. The van der Waals surface area contributed by atoms with Gasteiger partial charge in [-0.1, -0.05) is 25.0 Å². The van der Waals surface area contributed by atoms with Crippen LogP contribution in [0.3, 0.4) is 0 Å². The van der Waals surface area contributed by atoms with E-state index < -0.39 is 0 Å². The van der Waals surface area contributed by atoms with E-state index in [0.29, 0.717) is 18.5 Å². The van der Waals surface area contributed by atoms with Crippen LogP contribution in [0.1, 0.15) is 37.7 Å². The minimum atomic E-state index is -0.0309. The van der Waals surface area contributed by atoms with E-state index in [1.807, 2.05) is 24.3 Å². The Morgan fingerprint density at radius 3 is 3.08 bits per heavy atom. The van der Waals surface area contributed by atoms with E-state index in [0.717, 1.165) is 17.7 Å². The molecule has 3 unspecified atom stereocenters. The molecule has 2 heterocycles. The number of nitrogens with one attached hydrogen (secondary N) is 2. The van der Waals surface area contributed by atoms with Gasteiger partial charge in [-0.25, -0.2) is 9.67 Å². The molecule has 2 aliphatic rings. The monoisotopic (exact) mass is 325 g/mol. The highest BCUT2D eigenvalue weighted by atomic mass is 16.2. The number of aromatic nitrogens is 3. The summed E-state index contributed by atoms with van der Waals surface area (Å²) in [5.41, 5.74) is 2.01. The lowest BCUT2D eigenvalue weighted by atomic mass is 9.85. The summed E-state index contributed by atoms with van der Waals surface area (Å²) in [6.07, 6.45) is 9.25. The quantitative estimate of drug-likeness (QED) is 0.899. The Balaban J connectivity index is 1.35. The van der Waals surface area contributed by atoms with E-state index >= 15 is 0 Å². The summed E-state index contributed by atoms with van der Waals surface area (Å²) >= 11 is 0. The zero-order chi connectivity index (χ0) is 16.4. The van der Waals surface area contributed by atoms with Crippen molar-refractivity contribution in [2.24, 2.45) is 5.92 Å². The lowest BCUT2D eigenvalue weighted by molar-refractivity contribution is -0.123. The van der Waals surface area contributed by atoms with Crippen LogP contribution >= 0.6 is 0 Å². The van der Waals surface area contributed by atoms with Gasteiger partial charge in [-0.15, -0.1) is 0 Å². The van der Waals surface area contributed by atoms with Crippen LogP contribution in [0, 0.1) is 5.92 Å². The predicted octanol–water partition coefficient (Wildman–Crippen LogP) is 1.80. The van der Waals surface area contributed by atoms with E-state index in [1.54, 1.807) is 11.0 Å². The number of hydrogen-bond acceptors (Lipinski definition) is 4. The summed E-state index contributed by atoms with van der Waals surface area (Å²) < 4.78 is 1.72. The molecule has 1 saturated heterocycles. The second-order valence-electron chi connectivity index (χ2n) is 6.83. The van der Waals surface area contributed by atoms with E-state index in [4.69, 9.17) is 0 Å². The van der Waals surface area contributed by atoms with Gasteiger partial charge in [0.1, 0.15) is 12.7 Å². The zero-order valence-corrected chi connectivity index (χ0v) is 13.7. The van der Waals surface area contributed by atoms with Crippen LogP contribution in [0.25, 0.3) is 5.69 Å². The number of hydrogen-bond donors (Lipinski definition) is 2. The first-order valence-corrected chi connectivity index (χ1v) is 8.77. The minimum Gasteiger partial charge on any atom is -0.351 e. The number of amides is 1. The van der Waals surface area contributed by atoms with Crippen LogP contribution in [0.4, 0.5) is 0 Å². The van der Waals surface area contributed by atoms with Gasteiger partial charge in [0.2, 0.25) is 5.91 Å². The molecule has 6 heteroatoms. The lowest BCUT2D eigenvalue weighted by Gasteiger charge is -2.24. The molecule has 6 nitrogen and oxygen atoms in total. The first-order valence-electron chi connectivity index (χ1n) is 8.77. The Bertz CT molecular complexity index is 685. The fourth-order valence-electron chi connectivity index (χ4n) is 3.98. The number of benzene rings is 1. The Morgan fingerprint density at radius 2 is 2.25 bits per heavy atom. The fraction of sp³-hybridized carbons (Fsp3) is 0.500. The largest absolute Gasteiger partial charge is 0.351 e. The number of nitrogens with zero attached hydrogens (tertiary/aromatic N) is 3. The highest BCUT2D eigenvalue weighted by molar-refractivity contribution is 5.82. The van der Waals surface area contributed by atoms with Crippen molar-refractivity contribution >= 4 is 5.91 Å². The van der Waals surface area contributed by atoms with Crippen molar-refractivity contribution < 1.29 is 4.79 Å². The van der Waals surface area contributed by atoms with Crippen LogP contribution in [-0.2, 0) is 11.3 Å². The maximum atomic E-state index is 12.5. The first kappa shape index (κ1) is 15.3. The summed E-state index contributed by atoms with van der Waals surface area (Å²) in [6, 6.07) is 8.51. The molecule has 0 bridgehead atoms. The van der Waals surface area contributed by atoms with Gasteiger partial charge in [-0.05, 0) is 42.9 Å². The first-order chi connectivity index (χ1) is 11.8. The molecule has 1 aromatic carbocycles. The van der Waals surface area contributed by atoms with Crippen molar-refractivity contribution in [3.8, 4) is 5.69 Å². The molecular weight excluding hydrogens is 302 g/mol. The van der Waals surface area contributed by atoms with Crippen molar-refractivity contribution in [3.63, 3.8) is 0 Å². The van der Waals surface area contributed by atoms with Crippen LogP contribution in [0.15, 0.2) is 36.9 Å². The Labute approximate surface area is 141 Å². The SMILES string of the molecule is O=C(NCc1cccc(-n2cncn2)c1)C1CC2CCCCC2N1. The highest BCUT2D eigenvalue weighted by Crippen LogP contribution is 2.33. The molecule has 1 aliphatic heterocycles. The molecule has 0 radical (unpaired) electrons. The molecule has 4 rings (SSSR count). The van der Waals surface area contributed by atoms with E-state index in [9.17, 15) is 4.79 Å². The summed E-state index contributed by atoms with van der Waals surface area (Å²) in [7, 11) is 0. The van der Waals surface area contributed by atoms with Crippen LogP contribution in [-0.4, -0.2) is 32.8 Å². The Morgan fingerprint density at radius 1 is 1.33 bits per heavy atom. The lowest BCUT2D eigenvalue weighted by Crippen LogP contribution is -2.42. The molecule has 126 valence electrons. The van der Waals surface area contributed by atoms with Gasteiger partial charge in [0.05, 0.1) is 11.7 Å². The molecular formula is C18H23N5O. The number of carbonyl (C=O) groups excluding carboxylic acids is 1. The second-order valence-corrected chi connectivity index (χ2v) is 6.83. The topological polar surface area (TPSA) is 71.8 Å². The fourth-order valence-corrected chi connectivity index (χ4v) is 3.98. The molecule has 1 amide bonds. The summed E-state index contributed by atoms with van der Waals surface area (Å²) in [5.74, 6) is 0.806. The summed E-state index contributed by atoms with van der Waals surface area (Å²) in [4.78, 5) is 16.4. The molecule has 2 N–H and O–H groups in total. The smallest absolute Gasteiger partial charge is 0.237 e. The third-order valence-corrected chi connectivity index (χ3v) is 5.24. The predicted molar refractivity (Wildman–Crippen MR) is 90.5 cm³/mol. The van der Waals surface area contributed by atoms with E-state index in [1.165, 1.54) is 32.0 Å². The molecule has 3 atom stereocenters. The Hall–Kier alpha value is -2.21. The maximum absolute atomic E-state index is 12.5. The summed E-state index contributed by atoms with van der Waals surface area (Å²) in [5, 5.41) is 10.7. The van der Waals surface area contributed by atoms with E-state index in [2.05, 4.69) is 20.7 Å². The average Bonchev–Trinajstić information content (AvgIpc) is 3.29. The third-order valence-electron chi connectivity index (χ3n) is 5.24. The van der Waals surface area contributed by atoms with Gasteiger partial charge in [-0.2, -0.15) is 5.10 Å². The molecule has 1 aromatic heterocycles. The summed E-state index contributed by atoms with van der Waals surface area (Å²) in [6.45, 7) is 0.537. The maximum Gasteiger partial charge on any atom is 0.237 e. The number of rotatable bonds is 4. The van der Waals surface area contributed by atoms with Gasteiger partial charge in [0.25, 0.3) is 0 Å². The molecule has 2 fully saturated rings. The van der Waals surface area contributed by atoms with Gasteiger partial charge in [0, 0.05) is 12.6 Å². The standard InChI is InChI=1S/C18H23N5O/c24-18(17-9-14-5-1-2-7-16(14)22-17)20-10-13-4-3-6-15(8-13)23-12-19-11-21-23/h3-4,6,8,11-12,14,16-17,22H,1-2,5,7,9-10H2,(H,20,24). The van der Waals surface area contributed by atoms with Crippen molar-refractivity contribution in [1.29, 1.82) is 0 Å². The minimum absolute atomic E-state index is 0.0309. The van der Waals surface area contributed by atoms with Gasteiger partial charge >= 0.3 is 0 Å². The normalized spacial score (nSPS) is 26.1. The second kappa shape index (κ2) is 6.73. The van der Waals surface area contributed by atoms with Crippen LogP contribution in [0.5, 0.6) is 0 Å². The van der Waals surface area contributed by atoms with Crippen molar-refractivity contribution in [2.75, 3.05) is 0 Å². The number of fused-ring (bicyclic) bond motifs is 1. The van der Waals surface area contributed by atoms with Gasteiger partial charge in [-0.3, -0.25) is 4.79 Å². The highest BCUT2D eigenvalue weighted by Gasteiger charge is 2.37. The molecule has 0 spiro atoms. The Kier molecular flexibility index (Phi) is 4.30. The number of carbonyl (C=O) groups is 1. The third kappa shape index (κ3) is 3.19. The van der Waals surface area contributed by atoms with Crippen LogP contribution in [0.2, 0.25) is 0 Å². The van der Waals surface area contributed by atoms with Crippen molar-refractivity contribution in [1.82, 2.24) is 25.4 Å². The van der Waals surface area contributed by atoms with Crippen LogP contribution < -0.4 is 10.6 Å². The van der Waals surface area contributed by atoms with Gasteiger partial charge < -0.3 is 10.6 Å².